The van der Waals surface area contributed by atoms with Crippen molar-refractivity contribution in [1.82, 2.24) is 9.97 Å². The van der Waals surface area contributed by atoms with Crippen molar-refractivity contribution in [3.8, 4) is 11.6 Å². The first-order valence-electron chi connectivity index (χ1n) is 8.32. The molecule has 0 aliphatic carbocycles. The lowest BCUT2D eigenvalue weighted by molar-refractivity contribution is -0.115. The first-order valence-corrected chi connectivity index (χ1v) is 11.5. The maximum Gasteiger partial charge on any atom is 0.484 e. The van der Waals surface area contributed by atoms with Crippen molar-refractivity contribution in [3.63, 3.8) is 0 Å². The molecule has 13 heteroatoms. The van der Waals surface area contributed by atoms with Crippen LogP contribution in [0, 0.1) is 0 Å². The van der Waals surface area contributed by atoms with Gasteiger partial charge < -0.3 is 4.42 Å². The fourth-order valence-corrected chi connectivity index (χ4v) is 4.95. The number of halogens is 3. The zero-order valence-corrected chi connectivity index (χ0v) is 17.1. The Labute approximate surface area is 169 Å². The summed E-state index contributed by atoms with van der Waals surface area (Å²) in [6.07, 6.45) is 1.31. The number of benzene rings is 1. The van der Waals surface area contributed by atoms with Gasteiger partial charge in [-0.05, 0) is 30.3 Å². The van der Waals surface area contributed by atoms with Gasteiger partial charge in [-0.25, -0.2) is 22.6 Å². The van der Waals surface area contributed by atoms with E-state index in [9.17, 15) is 30.6 Å². The van der Waals surface area contributed by atoms with E-state index in [0.717, 1.165) is 25.1 Å². The number of hydrogen-bond donors (Lipinski definition) is 0. The van der Waals surface area contributed by atoms with Gasteiger partial charge in [0.1, 0.15) is 11.2 Å². The zero-order chi connectivity index (χ0) is 22.3. The van der Waals surface area contributed by atoms with Crippen molar-refractivity contribution in [2.75, 3.05) is 5.75 Å². The standard InChI is InChI=1S/C17H14F3N3O5S2/c1-3-29(25,26)14-5-4-8-21-15(14)16-22-12-9-11(6-7-13(12)28-16)30(27,17(18,19)20)23-10(2)24/h4-9H,3H2,1-2H3. The number of pyridine rings is 1. The van der Waals surface area contributed by atoms with Gasteiger partial charge in [-0.1, -0.05) is 6.92 Å². The molecule has 3 rings (SSSR count). The smallest absolute Gasteiger partial charge is 0.435 e. The summed E-state index contributed by atoms with van der Waals surface area (Å²) in [6, 6.07) is 5.50. The van der Waals surface area contributed by atoms with E-state index in [-0.39, 0.29) is 33.3 Å². The summed E-state index contributed by atoms with van der Waals surface area (Å²) in [4.78, 5) is 18.2. The van der Waals surface area contributed by atoms with Crippen LogP contribution in [0.15, 0.2) is 55.1 Å². The van der Waals surface area contributed by atoms with Gasteiger partial charge in [0.05, 0.1) is 15.5 Å². The number of alkyl halides is 3. The van der Waals surface area contributed by atoms with E-state index >= 15 is 0 Å². The third kappa shape index (κ3) is 3.81. The Bertz CT molecular complexity index is 1370. The number of nitrogens with zero attached hydrogens (tertiary/aromatic N) is 3. The fourth-order valence-electron chi connectivity index (χ4n) is 2.56. The quantitative estimate of drug-likeness (QED) is 0.582. The third-order valence-electron chi connectivity index (χ3n) is 3.94. The first-order chi connectivity index (χ1) is 13.9. The summed E-state index contributed by atoms with van der Waals surface area (Å²) in [5.41, 5.74) is -5.54. The minimum Gasteiger partial charge on any atom is -0.435 e. The van der Waals surface area contributed by atoms with E-state index in [1.807, 2.05) is 0 Å². The topological polar surface area (TPSA) is 120 Å². The van der Waals surface area contributed by atoms with Crippen LogP contribution in [-0.4, -0.2) is 39.8 Å². The average Bonchev–Trinajstić information content (AvgIpc) is 3.09. The Morgan fingerprint density at radius 1 is 1.20 bits per heavy atom. The summed E-state index contributed by atoms with van der Waals surface area (Å²) >= 11 is 0. The van der Waals surface area contributed by atoms with Crippen molar-refractivity contribution in [3.05, 3.63) is 36.5 Å². The first kappa shape index (κ1) is 21.9. The third-order valence-corrected chi connectivity index (χ3v) is 7.73. The van der Waals surface area contributed by atoms with E-state index in [4.69, 9.17) is 4.42 Å². The molecule has 1 aromatic carbocycles. The maximum atomic E-state index is 13.4. The molecular weight excluding hydrogens is 447 g/mol. The molecule has 0 aliphatic heterocycles. The van der Waals surface area contributed by atoms with Crippen LogP contribution >= 0.6 is 0 Å². The van der Waals surface area contributed by atoms with Crippen LogP contribution in [0.5, 0.6) is 0 Å². The predicted molar refractivity (Wildman–Crippen MR) is 101 cm³/mol. The summed E-state index contributed by atoms with van der Waals surface area (Å²) in [5.74, 6) is -1.70. The van der Waals surface area contributed by atoms with Crippen molar-refractivity contribution in [2.45, 2.75) is 29.1 Å². The number of amides is 1. The Kier molecular flexibility index (Phi) is 5.45. The SMILES string of the molecule is CCS(=O)(=O)c1cccnc1-c1nc2cc(S(=O)(=NC(C)=O)C(F)(F)F)ccc2o1. The molecule has 0 spiro atoms. The summed E-state index contributed by atoms with van der Waals surface area (Å²) in [6.45, 7) is 2.20. The molecule has 0 saturated carbocycles. The average molecular weight is 461 g/mol. The molecule has 3 aromatic rings. The summed E-state index contributed by atoms with van der Waals surface area (Å²) in [5, 5.41) is 0. The number of sulfone groups is 1. The second kappa shape index (κ2) is 7.47. The molecule has 0 fully saturated rings. The van der Waals surface area contributed by atoms with Crippen LogP contribution in [-0.2, 0) is 24.4 Å². The number of fused-ring (bicyclic) bond motifs is 1. The number of rotatable bonds is 4. The fraction of sp³-hybridized carbons (Fsp3) is 0.235. The van der Waals surface area contributed by atoms with E-state index in [0.29, 0.717) is 0 Å². The van der Waals surface area contributed by atoms with Crippen LogP contribution in [0.2, 0.25) is 0 Å². The van der Waals surface area contributed by atoms with Crippen LogP contribution in [0.1, 0.15) is 13.8 Å². The van der Waals surface area contributed by atoms with Crippen molar-refractivity contribution < 1.29 is 35.0 Å². The van der Waals surface area contributed by atoms with Crippen LogP contribution in [0.3, 0.4) is 0 Å². The molecule has 1 atom stereocenters. The van der Waals surface area contributed by atoms with Gasteiger partial charge in [-0.3, -0.25) is 4.79 Å². The van der Waals surface area contributed by atoms with E-state index < -0.39 is 35.9 Å². The minimum atomic E-state index is -5.30. The molecule has 2 heterocycles. The number of aromatic nitrogens is 2. The van der Waals surface area contributed by atoms with Gasteiger partial charge in [0, 0.05) is 13.1 Å². The molecule has 0 N–H and O–H groups in total. The van der Waals surface area contributed by atoms with Gasteiger partial charge in [-0.15, -0.1) is 0 Å². The highest BCUT2D eigenvalue weighted by atomic mass is 32.2. The number of carbonyl (C=O) groups is 1. The van der Waals surface area contributed by atoms with Gasteiger partial charge in [-0.2, -0.15) is 17.5 Å². The molecule has 0 bridgehead atoms. The normalized spacial score (nSPS) is 14.4. The molecular formula is C17H14F3N3O5S2. The Morgan fingerprint density at radius 2 is 1.90 bits per heavy atom. The lowest BCUT2D eigenvalue weighted by Gasteiger charge is -2.12. The van der Waals surface area contributed by atoms with E-state index in [1.165, 1.54) is 25.3 Å². The Hall–Kier alpha value is -2.80. The van der Waals surface area contributed by atoms with Crippen molar-refractivity contribution >= 4 is 36.6 Å². The molecule has 30 heavy (non-hydrogen) atoms. The second-order valence-corrected chi connectivity index (χ2v) is 10.4. The van der Waals surface area contributed by atoms with E-state index in [2.05, 4.69) is 14.3 Å². The molecule has 0 aliphatic rings. The highest BCUT2D eigenvalue weighted by Gasteiger charge is 2.45. The van der Waals surface area contributed by atoms with E-state index in [1.54, 1.807) is 0 Å². The summed E-state index contributed by atoms with van der Waals surface area (Å²) < 4.78 is 85.5. The largest absolute Gasteiger partial charge is 0.484 e. The highest BCUT2D eigenvalue weighted by molar-refractivity contribution is 7.94. The number of hydrogen-bond acceptors (Lipinski definition) is 7. The number of carbonyl (C=O) groups excluding carboxylic acids is 1. The van der Waals surface area contributed by atoms with Crippen molar-refractivity contribution in [2.24, 2.45) is 4.36 Å². The molecule has 1 unspecified atom stereocenters. The molecule has 0 saturated heterocycles. The maximum absolute atomic E-state index is 13.4. The number of oxazole rings is 1. The lowest BCUT2D eigenvalue weighted by atomic mass is 10.3. The van der Waals surface area contributed by atoms with Crippen LogP contribution in [0.4, 0.5) is 13.2 Å². The predicted octanol–water partition coefficient (Wildman–Crippen LogP) is 3.58. The summed E-state index contributed by atoms with van der Waals surface area (Å²) in [7, 11) is -8.77. The van der Waals surface area contributed by atoms with Crippen LogP contribution in [0.25, 0.3) is 22.7 Å². The molecule has 160 valence electrons. The van der Waals surface area contributed by atoms with Crippen LogP contribution < -0.4 is 0 Å². The van der Waals surface area contributed by atoms with Gasteiger partial charge in [0.25, 0.3) is 5.91 Å². The van der Waals surface area contributed by atoms with Gasteiger partial charge >= 0.3 is 5.51 Å². The molecule has 2 aromatic heterocycles. The molecule has 0 radical (unpaired) electrons. The Balaban J connectivity index is 2.23. The molecule has 1 amide bonds. The second-order valence-electron chi connectivity index (χ2n) is 5.98. The lowest BCUT2D eigenvalue weighted by Crippen LogP contribution is -2.24. The van der Waals surface area contributed by atoms with Gasteiger partial charge in [0.15, 0.2) is 25.1 Å². The highest BCUT2D eigenvalue weighted by Crippen LogP contribution is 2.35. The minimum absolute atomic E-state index is 0.00555. The zero-order valence-electron chi connectivity index (χ0n) is 15.5. The molecule has 8 nitrogen and oxygen atoms in total. The Morgan fingerprint density at radius 3 is 2.50 bits per heavy atom. The monoisotopic (exact) mass is 461 g/mol. The van der Waals surface area contributed by atoms with Crippen molar-refractivity contribution in [1.29, 1.82) is 0 Å². The van der Waals surface area contributed by atoms with Gasteiger partial charge in [0.2, 0.25) is 5.89 Å².